The van der Waals surface area contributed by atoms with Crippen molar-refractivity contribution in [1.82, 2.24) is 9.29 Å². The van der Waals surface area contributed by atoms with Crippen molar-refractivity contribution in [1.29, 1.82) is 0 Å². The van der Waals surface area contributed by atoms with E-state index in [-0.39, 0.29) is 11.4 Å². The molecule has 0 aliphatic heterocycles. The molecule has 20 heavy (non-hydrogen) atoms. The molecule has 0 unspecified atom stereocenters. The van der Waals surface area contributed by atoms with Gasteiger partial charge in [-0.2, -0.15) is 4.31 Å². The van der Waals surface area contributed by atoms with E-state index in [1.165, 1.54) is 15.6 Å². The van der Waals surface area contributed by atoms with E-state index in [1.807, 2.05) is 12.3 Å². The Labute approximate surface area is 123 Å². The van der Waals surface area contributed by atoms with Gasteiger partial charge in [-0.15, -0.1) is 11.3 Å². The Morgan fingerprint density at radius 2 is 2.05 bits per heavy atom. The van der Waals surface area contributed by atoms with Crippen LogP contribution in [0.25, 0.3) is 0 Å². The summed E-state index contributed by atoms with van der Waals surface area (Å²) in [6, 6.07) is 4.91. The Hall–Kier alpha value is -1.44. The molecule has 0 aliphatic carbocycles. The second-order valence-electron chi connectivity index (χ2n) is 4.59. The van der Waals surface area contributed by atoms with Crippen LogP contribution in [-0.2, 0) is 16.6 Å². The summed E-state index contributed by atoms with van der Waals surface area (Å²) in [7, 11) is -2.01. The first-order chi connectivity index (χ1) is 9.32. The monoisotopic (exact) mass is 311 g/mol. The van der Waals surface area contributed by atoms with E-state index in [0.29, 0.717) is 11.3 Å². The molecule has 2 aromatic rings. The SMILES string of the molecule is Cc1nc(CN(C)S(=O)(=O)c2cccc(N)c2C)cs1. The van der Waals surface area contributed by atoms with Gasteiger partial charge in [-0.1, -0.05) is 6.07 Å². The number of nitrogen functional groups attached to an aromatic ring is 1. The third-order valence-electron chi connectivity index (χ3n) is 3.07. The Bertz CT molecular complexity index is 723. The van der Waals surface area contributed by atoms with Crippen LogP contribution in [0.15, 0.2) is 28.5 Å². The normalized spacial score (nSPS) is 12.0. The lowest BCUT2D eigenvalue weighted by Gasteiger charge is -2.18. The molecule has 0 saturated carbocycles. The molecule has 0 bridgehead atoms. The lowest BCUT2D eigenvalue weighted by molar-refractivity contribution is 0.462. The number of hydrogen-bond donors (Lipinski definition) is 1. The molecule has 0 radical (unpaired) electrons. The maximum atomic E-state index is 12.6. The van der Waals surface area contributed by atoms with Crippen molar-refractivity contribution in [3.63, 3.8) is 0 Å². The highest BCUT2D eigenvalue weighted by Crippen LogP contribution is 2.24. The van der Waals surface area contributed by atoms with Crippen molar-refractivity contribution in [2.24, 2.45) is 0 Å². The van der Waals surface area contributed by atoms with Crippen molar-refractivity contribution in [2.45, 2.75) is 25.3 Å². The molecule has 0 aliphatic rings. The van der Waals surface area contributed by atoms with Gasteiger partial charge in [-0.05, 0) is 31.5 Å². The lowest BCUT2D eigenvalue weighted by atomic mass is 10.2. The van der Waals surface area contributed by atoms with Gasteiger partial charge in [0.05, 0.1) is 22.1 Å². The van der Waals surface area contributed by atoms with Crippen LogP contribution >= 0.6 is 11.3 Å². The van der Waals surface area contributed by atoms with Gasteiger partial charge in [-0.3, -0.25) is 0 Å². The van der Waals surface area contributed by atoms with Crippen LogP contribution in [0.5, 0.6) is 0 Å². The standard InChI is InChI=1S/C13H17N3O2S2/c1-9-12(14)5-4-6-13(9)20(17,18)16(3)7-11-8-19-10(2)15-11/h4-6,8H,7,14H2,1-3H3. The van der Waals surface area contributed by atoms with Crippen molar-refractivity contribution >= 4 is 27.0 Å². The summed E-state index contributed by atoms with van der Waals surface area (Å²) < 4.78 is 26.4. The van der Waals surface area contributed by atoms with E-state index in [4.69, 9.17) is 5.73 Å². The van der Waals surface area contributed by atoms with Crippen molar-refractivity contribution in [3.05, 3.63) is 39.8 Å². The summed E-state index contributed by atoms with van der Waals surface area (Å²) in [5.74, 6) is 0. The largest absolute Gasteiger partial charge is 0.398 e. The Balaban J connectivity index is 2.32. The number of anilines is 1. The molecule has 1 aromatic carbocycles. The van der Waals surface area contributed by atoms with E-state index in [0.717, 1.165) is 10.7 Å². The first-order valence-electron chi connectivity index (χ1n) is 6.05. The molecular weight excluding hydrogens is 294 g/mol. The predicted molar refractivity (Wildman–Crippen MR) is 81.1 cm³/mol. The number of nitrogens with two attached hydrogens (primary N) is 1. The van der Waals surface area contributed by atoms with E-state index in [1.54, 1.807) is 32.2 Å². The van der Waals surface area contributed by atoms with Gasteiger partial charge >= 0.3 is 0 Å². The number of hydrogen-bond acceptors (Lipinski definition) is 5. The van der Waals surface area contributed by atoms with E-state index in [2.05, 4.69) is 4.98 Å². The number of thiazole rings is 1. The molecular formula is C13H17N3O2S2. The Morgan fingerprint density at radius 1 is 1.35 bits per heavy atom. The van der Waals surface area contributed by atoms with Crippen LogP contribution in [0.4, 0.5) is 5.69 Å². The highest BCUT2D eigenvalue weighted by Gasteiger charge is 2.24. The topological polar surface area (TPSA) is 76.3 Å². The zero-order chi connectivity index (χ0) is 14.9. The molecule has 0 atom stereocenters. The fourth-order valence-corrected chi connectivity index (χ4v) is 3.87. The second-order valence-corrected chi connectivity index (χ2v) is 7.66. The first-order valence-corrected chi connectivity index (χ1v) is 8.37. The van der Waals surface area contributed by atoms with Gasteiger partial charge in [0.15, 0.2) is 0 Å². The molecule has 0 fully saturated rings. The number of sulfonamides is 1. The summed E-state index contributed by atoms with van der Waals surface area (Å²) in [6.45, 7) is 3.86. The number of aryl methyl sites for hydroxylation is 1. The highest BCUT2D eigenvalue weighted by molar-refractivity contribution is 7.89. The van der Waals surface area contributed by atoms with E-state index >= 15 is 0 Å². The second kappa shape index (κ2) is 5.51. The number of rotatable bonds is 4. The van der Waals surface area contributed by atoms with E-state index in [9.17, 15) is 8.42 Å². The average Bonchev–Trinajstić information content (AvgIpc) is 2.78. The fourth-order valence-electron chi connectivity index (χ4n) is 1.87. The third kappa shape index (κ3) is 2.84. The Kier molecular flexibility index (Phi) is 4.12. The first kappa shape index (κ1) is 15.0. The van der Waals surface area contributed by atoms with Crippen LogP contribution in [0.3, 0.4) is 0 Å². The van der Waals surface area contributed by atoms with Gasteiger partial charge < -0.3 is 5.73 Å². The minimum Gasteiger partial charge on any atom is -0.398 e. The molecule has 1 heterocycles. The van der Waals surface area contributed by atoms with Crippen LogP contribution < -0.4 is 5.73 Å². The van der Waals surface area contributed by atoms with Gasteiger partial charge in [0.2, 0.25) is 10.0 Å². The van der Waals surface area contributed by atoms with Crippen LogP contribution in [0, 0.1) is 13.8 Å². The summed E-state index contributed by atoms with van der Waals surface area (Å²) >= 11 is 1.51. The van der Waals surface area contributed by atoms with Crippen molar-refractivity contribution < 1.29 is 8.42 Å². The van der Waals surface area contributed by atoms with E-state index < -0.39 is 10.0 Å². The molecule has 0 spiro atoms. The zero-order valence-electron chi connectivity index (χ0n) is 11.6. The smallest absolute Gasteiger partial charge is 0.243 e. The quantitative estimate of drug-likeness (QED) is 0.878. The summed E-state index contributed by atoms with van der Waals surface area (Å²) in [4.78, 5) is 4.53. The number of nitrogens with zero attached hydrogens (tertiary/aromatic N) is 2. The minimum absolute atomic E-state index is 0.243. The third-order valence-corrected chi connectivity index (χ3v) is 5.84. The van der Waals surface area contributed by atoms with Crippen molar-refractivity contribution in [3.8, 4) is 0 Å². The van der Waals surface area contributed by atoms with Gasteiger partial charge in [0.25, 0.3) is 0 Å². The zero-order valence-corrected chi connectivity index (χ0v) is 13.3. The van der Waals surface area contributed by atoms with Gasteiger partial charge in [0, 0.05) is 18.1 Å². The molecule has 2 rings (SSSR count). The number of benzene rings is 1. The Morgan fingerprint density at radius 3 is 2.65 bits per heavy atom. The summed E-state index contributed by atoms with van der Waals surface area (Å²) in [6.07, 6.45) is 0. The van der Waals surface area contributed by atoms with Gasteiger partial charge in [-0.25, -0.2) is 13.4 Å². The minimum atomic E-state index is -3.56. The maximum Gasteiger partial charge on any atom is 0.243 e. The van der Waals surface area contributed by atoms with Crippen LogP contribution in [-0.4, -0.2) is 24.8 Å². The summed E-state index contributed by atoms with van der Waals surface area (Å²) in [5.41, 5.74) is 7.58. The molecule has 0 saturated heterocycles. The fraction of sp³-hybridized carbons (Fsp3) is 0.308. The summed E-state index contributed by atoms with van der Waals surface area (Å²) in [5, 5.41) is 2.79. The molecule has 2 N–H and O–H groups in total. The lowest BCUT2D eigenvalue weighted by Crippen LogP contribution is -2.27. The average molecular weight is 311 g/mol. The highest BCUT2D eigenvalue weighted by atomic mass is 32.2. The van der Waals surface area contributed by atoms with Crippen LogP contribution in [0.1, 0.15) is 16.3 Å². The number of aromatic nitrogens is 1. The molecule has 108 valence electrons. The predicted octanol–water partition coefficient (Wildman–Crippen LogP) is 2.16. The van der Waals surface area contributed by atoms with Gasteiger partial charge in [0.1, 0.15) is 0 Å². The molecule has 5 nitrogen and oxygen atoms in total. The maximum absolute atomic E-state index is 12.6. The molecule has 0 amide bonds. The molecule has 1 aromatic heterocycles. The van der Waals surface area contributed by atoms with Crippen molar-refractivity contribution in [2.75, 3.05) is 12.8 Å². The van der Waals surface area contributed by atoms with Crippen LogP contribution in [0.2, 0.25) is 0 Å². The molecule has 7 heteroatoms.